The van der Waals surface area contributed by atoms with E-state index >= 15 is 4.79 Å². The number of carbonyl (C=O) groups excluding carboxylic acids is 2. The maximum Gasteiger partial charge on any atom is 0.268 e. The van der Waals surface area contributed by atoms with E-state index in [9.17, 15) is 25.8 Å². The third kappa shape index (κ3) is 5.97. The average molecular weight is 793 g/mol. The molecule has 0 spiro atoms. The lowest BCUT2D eigenvalue weighted by Crippen LogP contribution is -2.29. The molecule has 62 heavy (non-hydrogen) atoms. The molecular weight excluding hydrogens is 765 g/mol. The highest BCUT2D eigenvalue weighted by Gasteiger charge is 2.40. The van der Waals surface area contributed by atoms with Crippen LogP contribution in [-0.2, 0) is 0 Å². The molecule has 8 nitrogen and oxygen atoms in total. The molecule has 0 unspecified atom stereocenters. The largest absolute Gasteiger partial charge is 0.308 e. The molecule has 2 heterocycles. The molecule has 1 aliphatic rings. The molecule has 0 aliphatic carbocycles. The van der Waals surface area contributed by atoms with E-state index in [4.69, 9.17) is 0 Å². The van der Waals surface area contributed by atoms with Crippen LogP contribution in [0.2, 0.25) is 0 Å². The highest BCUT2D eigenvalue weighted by atomic mass is 16.2. The van der Waals surface area contributed by atoms with E-state index in [1.807, 2.05) is 120 Å². The molecule has 0 saturated carbocycles. The smallest absolute Gasteiger partial charge is 0.268 e. The zero-order chi connectivity index (χ0) is 42.5. The van der Waals surface area contributed by atoms with E-state index in [1.54, 1.807) is 48.5 Å². The van der Waals surface area contributed by atoms with Gasteiger partial charge in [0.2, 0.25) is 0 Å². The van der Waals surface area contributed by atoms with Crippen LogP contribution < -0.4 is 4.90 Å². The van der Waals surface area contributed by atoms with E-state index in [0.717, 1.165) is 55.2 Å². The first kappa shape index (κ1) is 37.0. The number of rotatable bonds is 6. The Labute approximate surface area is 355 Å². The molecule has 8 heteroatoms. The Kier molecular flexibility index (Phi) is 8.82. The molecule has 286 valence electrons. The van der Waals surface area contributed by atoms with Crippen molar-refractivity contribution in [2.45, 2.75) is 0 Å². The number of benzene rings is 8. The predicted octanol–water partition coefficient (Wildman–Crippen LogP) is 11.7. The summed E-state index contributed by atoms with van der Waals surface area (Å²) in [7, 11) is 0. The second kappa shape index (κ2) is 14.8. The van der Waals surface area contributed by atoms with Gasteiger partial charge >= 0.3 is 0 Å². The molecule has 0 radical (unpaired) electrons. The fraction of sp³-hybridized carbons (Fsp3) is 0. The van der Waals surface area contributed by atoms with Crippen LogP contribution in [-0.4, -0.2) is 16.4 Å². The second-order valence-corrected chi connectivity index (χ2v) is 14.9. The molecule has 2 amide bonds. The van der Waals surface area contributed by atoms with Crippen LogP contribution in [0.25, 0.3) is 72.0 Å². The van der Waals surface area contributed by atoms with Crippen molar-refractivity contribution in [3.05, 3.63) is 203 Å². The van der Waals surface area contributed by atoms with E-state index in [1.165, 1.54) is 4.90 Å². The zero-order valence-corrected chi connectivity index (χ0v) is 32.7. The minimum atomic E-state index is -0.458. The lowest BCUT2D eigenvalue weighted by atomic mass is 9.95. The van der Waals surface area contributed by atoms with Crippen molar-refractivity contribution in [3.63, 3.8) is 0 Å². The van der Waals surface area contributed by atoms with Gasteiger partial charge in [-0.1, -0.05) is 91.0 Å². The first-order valence-corrected chi connectivity index (χ1v) is 19.6. The predicted molar refractivity (Wildman–Crippen MR) is 239 cm³/mol. The Morgan fingerprint density at radius 3 is 1.39 bits per heavy atom. The average Bonchev–Trinajstić information content (AvgIpc) is 3.80. The molecule has 0 bridgehead atoms. The van der Waals surface area contributed by atoms with Crippen molar-refractivity contribution in [2.24, 2.45) is 0 Å². The van der Waals surface area contributed by atoms with Gasteiger partial charge in [0.25, 0.3) is 11.8 Å². The molecule has 8 aromatic carbocycles. The van der Waals surface area contributed by atoms with Gasteiger partial charge in [-0.05, 0) is 123 Å². The number of aromatic nitrogens is 1. The van der Waals surface area contributed by atoms with Gasteiger partial charge in [-0.25, -0.2) is 4.90 Å². The van der Waals surface area contributed by atoms with Crippen LogP contribution in [0, 0.1) is 45.3 Å². The molecule has 1 aromatic heterocycles. The van der Waals surface area contributed by atoms with E-state index < -0.39 is 11.8 Å². The van der Waals surface area contributed by atoms with Crippen molar-refractivity contribution in [3.8, 4) is 74.5 Å². The number of carbonyl (C=O) groups is 2. The second-order valence-electron chi connectivity index (χ2n) is 14.9. The van der Waals surface area contributed by atoms with Gasteiger partial charge in [0.15, 0.2) is 0 Å². The summed E-state index contributed by atoms with van der Waals surface area (Å²) < 4.78 is 1.98. The standard InChI is InChI=1S/C54H28N6O2/c55-29-33-14-18-44(41(22-33)31-57)37-16-20-49-47(27-37)48-28-38(45-19-15-34(30-56)23-42(45)32-58)17-21-50(48)60(49)51-13-7-12-46-52(51)54(62)59(53(46)61)43-25-39(35-8-3-1-4-9-35)24-40(26-43)36-10-5-2-6-11-36/h1-28H. The fourth-order valence-corrected chi connectivity index (χ4v) is 8.56. The van der Waals surface area contributed by atoms with E-state index in [0.29, 0.717) is 44.8 Å². The number of nitriles is 4. The van der Waals surface area contributed by atoms with Crippen molar-refractivity contribution >= 4 is 39.3 Å². The lowest BCUT2D eigenvalue weighted by molar-refractivity contribution is 0.0926. The lowest BCUT2D eigenvalue weighted by Gasteiger charge is -2.18. The summed E-state index contributed by atoms with van der Waals surface area (Å²) in [5.74, 6) is -0.892. The van der Waals surface area contributed by atoms with Crippen molar-refractivity contribution in [2.75, 3.05) is 4.90 Å². The number of hydrogen-bond donors (Lipinski definition) is 0. The quantitative estimate of drug-likeness (QED) is 0.154. The molecule has 0 saturated heterocycles. The van der Waals surface area contributed by atoms with Crippen molar-refractivity contribution < 1.29 is 9.59 Å². The summed E-state index contributed by atoms with van der Waals surface area (Å²) in [4.78, 5) is 30.8. The summed E-state index contributed by atoms with van der Waals surface area (Å²) >= 11 is 0. The van der Waals surface area contributed by atoms with Crippen LogP contribution in [0.1, 0.15) is 43.0 Å². The van der Waals surface area contributed by atoms with Crippen LogP contribution in [0.3, 0.4) is 0 Å². The topological polar surface area (TPSA) is 137 Å². The number of hydrogen-bond acceptors (Lipinski definition) is 6. The number of nitrogens with zero attached hydrogens (tertiary/aromatic N) is 6. The fourth-order valence-electron chi connectivity index (χ4n) is 8.56. The van der Waals surface area contributed by atoms with Crippen LogP contribution >= 0.6 is 0 Å². The summed E-state index contributed by atoms with van der Waals surface area (Å²) in [6.07, 6.45) is 0. The maximum absolute atomic E-state index is 15.0. The first-order chi connectivity index (χ1) is 30.4. The Balaban J connectivity index is 1.18. The Morgan fingerprint density at radius 2 is 0.903 bits per heavy atom. The number of imide groups is 1. The van der Waals surface area contributed by atoms with Gasteiger partial charge in [-0.3, -0.25) is 9.59 Å². The summed E-state index contributed by atoms with van der Waals surface area (Å²) in [5.41, 5.74) is 10.8. The van der Waals surface area contributed by atoms with Crippen molar-refractivity contribution in [1.29, 1.82) is 21.0 Å². The number of amides is 2. The molecule has 0 atom stereocenters. The van der Waals surface area contributed by atoms with Gasteiger partial charge < -0.3 is 4.57 Å². The van der Waals surface area contributed by atoms with Crippen LogP contribution in [0.4, 0.5) is 5.69 Å². The molecule has 0 N–H and O–H groups in total. The van der Waals surface area contributed by atoms with Gasteiger partial charge in [-0.15, -0.1) is 0 Å². The molecular formula is C54H28N6O2. The minimum absolute atomic E-state index is 0.258. The van der Waals surface area contributed by atoms with Gasteiger partial charge in [-0.2, -0.15) is 21.0 Å². The summed E-state index contributed by atoms with van der Waals surface area (Å²) in [6.45, 7) is 0. The third-order valence-corrected chi connectivity index (χ3v) is 11.4. The van der Waals surface area contributed by atoms with E-state index in [-0.39, 0.29) is 11.1 Å². The van der Waals surface area contributed by atoms with E-state index in [2.05, 4.69) is 30.3 Å². The maximum atomic E-state index is 15.0. The Morgan fingerprint density at radius 1 is 0.387 bits per heavy atom. The van der Waals surface area contributed by atoms with Crippen LogP contribution in [0.5, 0.6) is 0 Å². The third-order valence-electron chi connectivity index (χ3n) is 11.4. The molecule has 0 fully saturated rings. The first-order valence-electron chi connectivity index (χ1n) is 19.6. The number of anilines is 1. The molecule has 10 rings (SSSR count). The SMILES string of the molecule is N#Cc1ccc(-c2ccc3c(c2)c2cc(-c4ccc(C#N)cc4C#N)ccc2n3-c2cccc3c2C(=O)N(c2cc(-c4ccccc4)cc(-c4ccccc4)c2)C3=O)c(C#N)c1. The van der Waals surface area contributed by atoms with Crippen LogP contribution in [0.15, 0.2) is 170 Å². The van der Waals surface area contributed by atoms with Gasteiger partial charge in [0.1, 0.15) is 0 Å². The summed E-state index contributed by atoms with van der Waals surface area (Å²) in [5, 5.41) is 40.8. The monoisotopic (exact) mass is 792 g/mol. The van der Waals surface area contributed by atoms with Gasteiger partial charge in [0, 0.05) is 10.8 Å². The minimum Gasteiger partial charge on any atom is -0.308 e. The Bertz CT molecular complexity index is 3370. The van der Waals surface area contributed by atoms with Crippen molar-refractivity contribution in [1.82, 2.24) is 4.57 Å². The summed E-state index contributed by atoms with van der Waals surface area (Å²) in [6, 6.07) is 61.1. The normalized spacial score (nSPS) is 11.8. The Hall–Kier alpha value is -9.34. The molecule has 9 aromatic rings. The molecule has 1 aliphatic heterocycles. The highest BCUT2D eigenvalue weighted by molar-refractivity contribution is 6.36. The number of fused-ring (bicyclic) bond motifs is 4. The highest BCUT2D eigenvalue weighted by Crippen LogP contribution is 2.42. The van der Waals surface area contributed by atoms with Gasteiger partial charge in [0.05, 0.1) is 80.1 Å². The zero-order valence-electron chi connectivity index (χ0n) is 32.7.